The van der Waals surface area contributed by atoms with Gasteiger partial charge in [-0.25, -0.2) is 0 Å². The summed E-state index contributed by atoms with van der Waals surface area (Å²) in [6.07, 6.45) is 4.23. The minimum absolute atomic E-state index is 0.0442. The van der Waals surface area contributed by atoms with Crippen LogP contribution >= 0.6 is 0 Å². The van der Waals surface area contributed by atoms with E-state index in [-0.39, 0.29) is 30.4 Å². The van der Waals surface area contributed by atoms with Crippen LogP contribution in [0.4, 0.5) is 0 Å². The van der Waals surface area contributed by atoms with E-state index in [1.165, 1.54) is 0 Å². The molecule has 116 valence electrons. The summed E-state index contributed by atoms with van der Waals surface area (Å²) in [7, 11) is 0. The highest BCUT2D eigenvalue weighted by Gasteiger charge is 2.59. The molecule has 0 saturated heterocycles. The minimum atomic E-state index is -0.905. The van der Waals surface area contributed by atoms with Gasteiger partial charge in [0.2, 0.25) is 5.91 Å². The molecule has 1 amide bonds. The summed E-state index contributed by atoms with van der Waals surface area (Å²) in [6.45, 7) is 6.79. The molecule has 1 heterocycles. The predicted molar refractivity (Wildman–Crippen MR) is 79.7 cm³/mol. The second kappa shape index (κ2) is 6.12. The average Bonchev–Trinajstić information content (AvgIpc) is 2.46. The molecule has 1 aliphatic rings. The molecule has 0 unspecified atom stereocenters. The molecule has 0 spiro atoms. The van der Waals surface area contributed by atoms with Gasteiger partial charge in [-0.2, -0.15) is 0 Å². The highest BCUT2D eigenvalue weighted by atomic mass is 16.5. The average molecular weight is 292 g/mol. The van der Waals surface area contributed by atoms with Crippen molar-refractivity contribution in [1.82, 2.24) is 10.3 Å². The summed E-state index contributed by atoms with van der Waals surface area (Å²) in [5, 5.41) is 13.5. The number of carbonyl (C=O) groups excluding carboxylic acids is 1. The number of ether oxygens (including phenoxy) is 1. The van der Waals surface area contributed by atoms with Gasteiger partial charge >= 0.3 is 0 Å². The summed E-state index contributed by atoms with van der Waals surface area (Å²) in [4.78, 5) is 15.9. The third-order valence-corrected chi connectivity index (χ3v) is 4.56. The molecule has 1 saturated carbocycles. The summed E-state index contributed by atoms with van der Waals surface area (Å²) >= 11 is 0. The molecular weight excluding hydrogens is 268 g/mol. The standard InChI is InChI=1S/C16H24N2O3/c1-4-21-13-9-16(20,15(13,2)3)11-18-14(19)8-12-6-5-7-17-10-12/h5-7,10,13,20H,4,8-9,11H2,1-3H3,(H,18,19)/t13-,16+/m1/s1. The van der Waals surface area contributed by atoms with Gasteiger partial charge in [-0.1, -0.05) is 19.9 Å². The monoisotopic (exact) mass is 292 g/mol. The maximum atomic E-state index is 11.9. The van der Waals surface area contributed by atoms with E-state index in [4.69, 9.17) is 4.74 Å². The van der Waals surface area contributed by atoms with Crippen LogP contribution < -0.4 is 5.32 Å². The second-order valence-electron chi connectivity index (χ2n) is 6.22. The van der Waals surface area contributed by atoms with Crippen LogP contribution in [0, 0.1) is 5.41 Å². The van der Waals surface area contributed by atoms with Crippen molar-refractivity contribution < 1.29 is 14.6 Å². The first-order valence-electron chi connectivity index (χ1n) is 7.38. The molecule has 21 heavy (non-hydrogen) atoms. The fourth-order valence-corrected chi connectivity index (χ4v) is 2.76. The van der Waals surface area contributed by atoms with Gasteiger partial charge in [-0.15, -0.1) is 0 Å². The van der Waals surface area contributed by atoms with Crippen molar-refractivity contribution in [2.24, 2.45) is 5.41 Å². The van der Waals surface area contributed by atoms with Crippen LogP contribution in [0.1, 0.15) is 32.8 Å². The third kappa shape index (κ3) is 3.24. The number of nitrogens with zero attached hydrogens (tertiary/aromatic N) is 1. The highest BCUT2D eigenvalue weighted by Crippen LogP contribution is 2.50. The van der Waals surface area contributed by atoms with Crippen molar-refractivity contribution in [1.29, 1.82) is 0 Å². The zero-order chi connectivity index (χ0) is 15.5. The summed E-state index contributed by atoms with van der Waals surface area (Å²) in [5.74, 6) is -0.105. The highest BCUT2D eigenvalue weighted by molar-refractivity contribution is 5.78. The predicted octanol–water partition coefficient (Wildman–Crippen LogP) is 1.31. The number of aromatic nitrogens is 1. The van der Waals surface area contributed by atoms with E-state index in [1.54, 1.807) is 18.5 Å². The van der Waals surface area contributed by atoms with E-state index in [9.17, 15) is 9.90 Å². The van der Waals surface area contributed by atoms with Crippen molar-refractivity contribution in [3.8, 4) is 0 Å². The zero-order valence-electron chi connectivity index (χ0n) is 12.9. The van der Waals surface area contributed by atoms with Crippen LogP contribution in [0.15, 0.2) is 24.5 Å². The van der Waals surface area contributed by atoms with Crippen LogP contribution in [0.3, 0.4) is 0 Å². The van der Waals surface area contributed by atoms with E-state index >= 15 is 0 Å². The molecule has 1 fully saturated rings. The number of amides is 1. The summed E-state index contributed by atoms with van der Waals surface area (Å²) in [6, 6.07) is 3.66. The van der Waals surface area contributed by atoms with E-state index in [1.807, 2.05) is 26.8 Å². The van der Waals surface area contributed by atoms with E-state index in [0.29, 0.717) is 13.0 Å². The Morgan fingerprint density at radius 1 is 1.57 bits per heavy atom. The van der Waals surface area contributed by atoms with Crippen LogP contribution in [-0.4, -0.2) is 40.9 Å². The number of aliphatic hydroxyl groups is 1. The number of carbonyl (C=O) groups is 1. The number of hydrogen-bond acceptors (Lipinski definition) is 4. The van der Waals surface area contributed by atoms with Gasteiger partial charge in [0, 0.05) is 37.4 Å². The Bertz CT molecular complexity index is 490. The fraction of sp³-hybridized carbons (Fsp3) is 0.625. The van der Waals surface area contributed by atoms with Gasteiger partial charge in [-0.05, 0) is 18.6 Å². The lowest BCUT2D eigenvalue weighted by Crippen LogP contribution is -2.68. The topological polar surface area (TPSA) is 71.5 Å². The molecule has 2 rings (SSSR count). The lowest BCUT2D eigenvalue weighted by Gasteiger charge is -2.57. The van der Waals surface area contributed by atoms with Crippen molar-refractivity contribution in [3.05, 3.63) is 30.1 Å². The van der Waals surface area contributed by atoms with E-state index in [2.05, 4.69) is 10.3 Å². The first kappa shape index (κ1) is 15.9. The van der Waals surface area contributed by atoms with Gasteiger partial charge in [0.05, 0.1) is 18.1 Å². The van der Waals surface area contributed by atoms with Crippen LogP contribution in [0.5, 0.6) is 0 Å². The van der Waals surface area contributed by atoms with Gasteiger partial charge in [0.15, 0.2) is 0 Å². The molecule has 2 atom stereocenters. The summed E-state index contributed by atoms with van der Waals surface area (Å²) < 4.78 is 5.61. The molecule has 1 aromatic heterocycles. The molecule has 0 aliphatic heterocycles. The smallest absolute Gasteiger partial charge is 0.224 e. The van der Waals surface area contributed by atoms with Crippen molar-refractivity contribution >= 4 is 5.91 Å². The van der Waals surface area contributed by atoms with Gasteiger partial charge in [-0.3, -0.25) is 9.78 Å². The number of pyridine rings is 1. The molecule has 0 radical (unpaired) electrons. The Hall–Kier alpha value is -1.46. The lowest BCUT2D eigenvalue weighted by atomic mass is 9.56. The molecular formula is C16H24N2O3. The Morgan fingerprint density at radius 3 is 2.90 bits per heavy atom. The quantitative estimate of drug-likeness (QED) is 0.829. The van der Waals surface area contributed by atoms with Crippen molar-refractivity contribution in [3.63, 3.8) is 0 Å². The zero-order valence-corrected chi connectivity index (χ0v) is 12.9. The van der Waals surface area contributed by atoms with Crippen LogP contribution in [0.25, 0.3) is 0 Å². The third-order valence-electron chi connectivity index (χ3n) is 4.56. The Labute approximate surface area is 125 Å². The lowest BCUT2D eigenvalue weighted by molar-refractivity contribution is -0.238. The van der Waals surface area contributed by atoms with Gasteiger partial charge in [0.1, 0.15) is 0 Å². The van der Waals surface area contributed by atoms with Crippen LogP contribution in [0.2, 0.25) is 0 Å². The molecule has 2 N–H and O–H groups in total. The van der Waals surface area contributed by atoms with Crippen molar-refractivity contribution in [2.45, 2.75) is 45.3 Å². The molecule has 1 aromatic rings. The minimum Gasteiger partial charge on any atom is -0.387 e. The van der Waals surface area contributed by atoms with Crippen LogP contribution in [-0.2, 0) is 16.0 Å². The Kier molecular flexibility index (Phi) is 4.64. The maximum Gasteiger partial charge on any atom is 0.224 e. The van der Waals surface area contributed by atoms with E-state index in [0.717, 1.165) is 5.56 Å². The molecule has 1 aliphatic carbocycles. The SMILES string of the molecule is CCO[C@@H]1C[C@](O)(CNC(=O)Cc2cccnc2)C1(C)C. The molecule has 0 aromatic carbocycles. The first-order chi connectivity index (χ1) is 9.89. The normalized spacial score (nSPS) is 27.0. The second-order valence-corrected chi connectivity index (χ2v) is 6.22. The van der Waals surface area contributed by atoms with Gasteiger partial charge in [0.25, 0.3) is 0 Å². The Morgan fingerprint density at radius 2 is 2.33 bits per heavy atom. The molecule has 5 nitrogen and oxygen atoms in total. The maximum absolute atomic E-state index is 11.9. The number of hydrogen-bond donors (Lipinski definition) is 2. The first-order valence-corrected chi connectivity index (χ1v) is 7.38. The number of rotatable bonds is 6. The fourth-order valence-electron chi connectivity index (χ4n) is 2.76. The number of nitrogens with one attached hydrogen (secondary N) is 1. The molecule has 0 bridgehead atoms. The van der Waals surface area contributed by atoms with E-state index < -0.39 is 5.60 Å². The summed E-state index contributed by atoms with van der Waals surface area (Å²) in [5.41, 5.74) is -0.399. The van der Waals surface area contributed by atoms with Gasteiger partial charge < -0.3 is 15.2 Å². The Balaban J connectivity index is 1.84. The largest absolute Gasteiger partial charge is 0.387 e. The van der Waals surface area contributed by atoms with Crippen molar-refractivity contribution in [2.75, 3.05) is 13.2 Å². The molecule has 5 heteroatoms.